The van der Waals surface area contributed by atoms with Crippen LogP contribution in [-0.2, 0) is 7.05 Å². The number of anilines is 1. The van der Waals surface area contributed by atoms with Crippen LogP contribution < -0.4 is 5.73 Å². The van der Waals surface area contributed by atoms with Gasteiger partial charge in [-0.3, -0.25) is 8.97 Å². The monoisotopic (exact) mass is 187 g/mol. The van der Waals surface area contributed by atoms with E-state index in [-0.39, 0.29) is 0 Å². The Kier molecular flexibility index (Phi) is 1.19. The number of nitrogen functional groups attached to an aromatic ring is 1. The number of nitrogens with zero attached hydrogens (tertiary/aromatic N) is 4. The molecule has 3 aromatic heterocycles. The number of rotatable bonds is 0. The van der Waals surface area contributed by atoms with E-state index in [1.54, 1.807) is 4.57 Å². The molecule has 0 amide bonds. The molecule has 70 valence electrons. The summed E-state index contributed by atoms with van der Waals surface area (Å²) in [7, 11) is 1.86. The summed E-state index contributed by atoms with van der Waals surface area (Å²) in [6.07, 6.45) is 1.93. The number of imidazole rings is 2. The van der Waals surface area contributed by atoms with Crippen molar-refractivity contribution < 1.29 is 0 Å². The molecular weight excluding hydrogens is 178 g/mol. The smallest absolute Gasteiger partial charge is 0.203 e. The Morgan fingerprint density at radius 1 is 1.21 bits per heavy atom. The Morgan fingerprint density at radius 2 is 2.07 bits per heavy atom. The quantitative estimate of drug-likeness (QED) is 0.566. The fraction of sp³-hybridized carbons (Fsp3) is 0.111. The van der Waals surface area contributed by atoms with Crippen LogP contribution in [0.1, 0.15) is 0 Å². The Morgan fingerprint density at radius 3 is 2.93 bits per heavy atom. The standard InChI is InChI=1S/C9H9N5/c1-13-7-8(12-9(13)10)14-5-3-2-4-6(14)11-7/h2-5H,1H3,(H2,10,12). The van der Waals surface area contributed by atoms with Gasteiger partial charge in [0.25, 0.3) is 0 Å². The Labute approximate surface area is 79.8 Å². The summed E-state index contributed by atoms with van der Waals surface area (Å²) in [5.41, 5.74) is 8.20. The molecule has 0 radical (unpaired) electrons. The number of aromatic nitrogens is 4. The summed E-state index contributed by atoms with van der Waals surface area (Å²) in [6.45, 7) is 0. The maximum atomic E-state index is 5.69. The van der Waals surface area contributed by atoms with E-state index in [4.69, 9.17) is 5.73 Å². The molecule has 3 rings (SSSR count). The second kappa shape index (κ2) is 2.25. The van der Waals surface area contributed by atoms with E-state index in [0.717, 1.165) is 16.9 Å². The number of hydrogen-bond donors (Lipinski definition) is 1. The predicted molar refractivity (Wildman–Crippen MR) is 53.9 cm³/mol. The van der Waals surface area contributed by atoms with Gasteiger partial charge in [0.05, 0.1) is 0 Å². The van der Waals surface area contributed by atoms with Gasteiger partial charge in [0.2, 0.25) is 5.95 Å². The fourth-order valence-electron chi connectivity index (χ4n) is 1.59. The van der Waals surface area contributed by atoms with Gasteiger partial charge >= 0.3 is 0 Å². The van der Waals surface area contributed by atoms with Gasteiger partial charge in [-0.1, -0.05) is 6.07 Å². The molecule has 0 spiro atoms. The van der Waals surface area contributed by atoms with Crippen molar-refractivity contribution in [1.82, 2.24) is 18.9 Å². The summed E-state index contributed by atoms with van der Waals surface area (Å²) < 4.78 is 3.70. The molecule has 14 heavy (non-hydrogen) atoms. The van der Waals surface area contributed by atoms with Crippen LogP contribution >= 0.6 is 0 Å². The second-order valence-electron chi connectivity index (χ2n) is 3.22. The minimum atomic E-state index is 0.487. The Balaban J connectivity index is 2.60. The zero-order valence-corrected chi connectivity index (χ0v) is 7.68. The summed E-state index contributed by atoms with van der Waals surface area (Å²) in [6, 6.07) is 5.83. The molecule has 5 nitrogen and oxygen atoms in total. The van der Waals surface area contributed by atoms with E-state index in [2.05, 4.69) is 9.97 Å². The zero-order valence-electron chi connectivity index (χ0n) is 7.68. The molecule has 0 unspecified atom stereocenters. The summed E-state index contributed by atoms with van der Waals surface area (Å²) in [5, 5.41) is 0. The van der Waals surface area contributed by atoms with Crippen molar-refractivity contribution in [2.24, 2.45) is 7.05 Å². The van der Waals surface area contributed by atoms with Gasteiger partial charge in [-0.05, 0) is 12.1 Å². The average molecular weight is 187 g/mol. The largest absolute Gasteiger partial charge is 0.369 e. The van der Waals surface area contributed by atoms with Crippen LogP contribution in [0, 0.1) is 0 Å². The molecular formula is C9H9N5. The number of nitrogens with two attached hydrogens (primary N) is 1. The normalized spacial score (nSPS) is 11.5. The van der Waals surface area contributed by atoms with Gasteiger partial charge in [0.1, 0.15) is 5.65 Å². The van der Waals surface area contributed by atoms with Crippen molar-refractivity contribution in [2.45, 2.75) is 0 Å². The summed E-state index contributed by atoms with van der Waals surface area (Å²) in [4.78, 5) is 8.66. The zero-order chi connectivity index (χ0) is 9.71. The van der Waals surface area contributed by atoms with E-state index in [1.807, 2.05) is 35.8 Å². The maximum absolute atomic E-state index is 5.69. The lowest BCUT2D eigenvalue weighted by Crippen LogP contribution is -1.97. The molecule has 0 aliphatic carbocycles. The molecule has 5 heteroatoms. The van der Waals surface area contributed by atoms with Gasteiger partial charge in [-0.25, -0.2) is 4.98 Å². The third-order valence-electron chi connectivity index (χ3n) is 2.37. The SMILES string of the molecule is Cn1c(N)nc2c1nc1ccccn12. The molecule has 0 atom stereocenters. The average Bonchev–Trinajstić information content (AvgIpc) is 2.67. The van der Waals surface area contributed by atoms with E-state index in [9.17, 15) is 0 Å². The molecule has 0 bridgehead atoms. The van der Waals surface area contributed by atoms with E-state index in [1.165, 1.54) is 0 Å². The lowest BCUT2D eigenvalue weighted by Gasteiger charge is -1.92. The van der Waals surface area contributed by atoms with Crippen molar-refractivity contribution in [3.63, 3.8) is 0 Å². The molecule has 2 N–H and O–H groups in total. The van der Waals surface area contributed by atoms with Gasteiger partial charge < -0.3 is 5.73 Å². The first-order valence-electron chi connectivity index (χ1n) is 4.32. The summed E-state index contributed by atoms with van der Waals surface area (Å²) in [5.74, 6) is 0.487. The van der Waals surface area contributed by atoms with Gasteiger partial charge in [0, 0.05) is 13.2 Å². The molecule has 0 aliphatic heterocycles. The van der Waals surface area contributed by atoms with Crippen LogP contribution in [0.2, 0.25) is 0 Å². The highest BCUT2D eigenvalue weighted by atomic mass is 15.2. The lowest BCUT2D eigenvalue weighted by molar-refractivity contribution is 0.949. The van der Waals surface area contributed by atoms with Crippen molar-refractivity contribution in [3.05, 3.63) is 24.4 Å². The van der Waals surface area contributed by atoms with Crippen LogP contribution in [0.5, 0.6) is 0 Å². The minimum absolute atomic E-state index is 0.487. The third kappa shape index (κ3) is 0.736. The maximum Gasteiger partial charge on any atom is 0.203 e. The predicted octanol–water partition coefficient (Wildman–Crippen LogP) is 0.803. The third-order valence-corrected chi connectivity index (χ3v) is 2.37. The fourth-order valence-corrected chi connectivity index (χ4v) is 1.59. The van der Waals surface area contributed by atoms with Crippen LogP contribution in [0.15, 0.2) is 24.4 Å². The van der Waals surface area contributed by atoms with Crippen LogP contribution in [0.3, 0.4) is 0 Å². The van der Waals surface area contributed by atoms with Gasteiger partial charge in [0.15, 0.2) is 11.3 Å². The van der Waals surface area contributed by atoms with Crippen LogP contribution in [0.25, 0.3) is 16.9 Å². The first-order chi connectivity index (χ1) is 6.77. The molecule has 0 aromatic carbocycles. The minimum Gasteiger partial charge on any atom is -0.369 e. The van der Waals surface area contributed by atoms with Crippen LogP contribution in [-0.4, -0.2) is 18.9 Å². The molecule has 0 saturated carbocycles. The van der Waals surface area contributed by atoms with Crippen molar-refractivity contribution in [3.8, 4) is 0 Å². The second-order valence-corrected chi connectivity index (χ2v) is 3.22. The van der Waals surface area contributed by atoms with E-state index < -0.39 is 0 Å². The first kappa shape index (κ1) is 7.37. The van der Waals surface area contributed by atoms with Crippen LogP contribution in [0.4, 0.5) is 5.95 Å². The van der Waals surface area contributed by atoms with Gasteiger partial charge in [-0.15, -0.1) is 0 Å². The number of fused-ring (bicyclic) bond motifs is 3. The Hall–Kier alpha value is -2.04. The highest BCUT2D eigenvalue weighted by Gasteiger charge is 2.10. The summed E-state index contributed by atoms with van der Waals surface area (Å²) >= 11 is 0. The Bertz CT molecular complexity index is 618. The first-order valence-corrected chi connectivity index (χ1v) is 4.32. The van der Waals surface area contributed by atoms with Gasteiger partial charge in [-0.2, -0.15) is 4.98 Å². The molecule has 0 saturated heterocycles. The number of pyridine rings is 1. The number of hydrogen-bond acceptors (Lipinski definition) is 3. The van der Waals surface area contributed by atoms with E-state index >= 15 is 0 Å². The molecule has 0 aliphatic rings. The van der Waals surface area contributed by atoms with Crippen molar-refractivity contribution in [1.29, 1.82) is 0 Å². The molecule has 3 heterocycles. The molecule has 3 aromatic rings. The number of aryl methyl sites for hydroxylation is 1. The van der Waals surface area contributed by atoms with Crippen molar-refractivity contribution >= 4 is 22.9 Å². The van der Waals surface area contributed by atoms with Crippen molar-refractivity contribution in [2.75, 3.05) is 5.73 Å². The molecule has 0 fully saturated rings. The van der Waals surface area contributed by atoms with E-state index in [0.29, 0.717) is 5.95 Å². The lowest BCUT2D eigenvalue weighted by atomic mass is 10.5. The topological polar surface area (TPSA) is 61.1 Å². The highest BCUT2D eigenvalue weighted by molar-refractivity contribution is 5.76. The highest BCUT2D eigenvalue weighted by Crippen LogP contribution is 2.17.